The van der Waals surface area contributed by atoms with Crippen molar-refractivity contribution in [1.29, 1.82) is 0 Å². The largest absolute Gasteiger partial charge is 0.462 e. The van der Waals surface area contributed by atoms with Gasteiger partial charge in [0.1, 0.15) is 36.1 Å². The van der Waals surface area contributed by atoms with Crippen molar-refractivity contribution in [2.45, 2.75) is 64.4 Å². The molecule has 1 aromatic carbocycles. The molecular weight excluding hydrogens is 510 g/mol. The summed E-state index contributed by atoms with van der Waals surface area (Å²) in [6.07, 6.45) is -4.59. The fourth-order valence-corrected chi connectivity index (χ4v) is 5.28. The normalized spacial score (nSPS) is 24.8. The van der Waals surface area contributed by atoms with E-state index >= 15 is 0 Å². The van der Waals surface area contributed by atoms with Gasteiger partial charge in [-0.1, -0.05) is 18.2 Å². The summed E-state index contributed by atoms with van der Waals surface area (Å²) >= 11 is 0. The Morgan fingerprint density at radius 3 is 2.54 bits per heavy atom. The van der Waals surface area contributed by atoms with Crippen LogP contribution in [-0.4, -0.2) is 57.8 Å². The Bertz CT molecular complexity index is 1160. The Balaban J connectivity index is 1.81. The number of nitrogen functional groups attached to an aromatic ring is 1. The van der Waals surface area contributed by atoms with Crippen LogP contribution in [0.25, 0.3) is 0 Å². The third-order valence-electron chi connectivity index (χ3n) is 5.51. The number of aliphatic hydroxyl groups excluding tert-OH is 1. The second kappa shape index (κ2) is 12.1. The van der Waals surface area contributed by atoms with Gasteiger partial charge in [-0.3, -0.25) is 13.9 Å². The van der Waals surface area contributed by atoms with Crippen molar-refractivity contribution in [3.8, 4) is 5.75 Å². The first-order valence-corrected chi connectivity index (χ1v) is 13.2. The Labute approximate surface area is 213 Å². The number of hydrogen-bond donors (Lipinski definition) is 3. The van der Waals surface area contributed by atoms with Crippen molar-refractivity contribution in [3.05, 3.63) is 53.1 Å². The average Bonchev–Trinajstić information content (AvgIpc) is 3.14. The van der Waals surface area contributed by atoms with Crippen LogP contribution in [0.2, 0.25) is 0 Å². The fraction of sp³-hybridized carbons (Fsp3) is 0.522. The third-order valence-corrected chi connectivity index (χ3v) is 7.15. The molecule has 0 radical (unpaired) electrons. The maximum Gasteiger partial charge on any atom is 0.459 e. The van der Waals surface area contributed by atoms with Crippen LogP contribution < -0.4 is 21.0 Å². The van der Waals surface area contributed by atoms with E-state index in [2.05, 4.69) is 10.1 Å². The van der Waals surface area contributed by atoms with Gasteiger partial charge in [0.2, 0.25) is 0 Å². The lowest BCUT2D eigenvalue weighted by Crippen LogP contribution is -2.38. The number of anilines is 1. The van der Waals surface area contributed by atoms with Gasteiger partial charge in [0, 0.05) is 6.20 Å². The molecule has 3 unspecified atom stereocenters. The van der Waals surface area contributed by atoms with Gasteiger partial charge in [-0.15, -0.1) is 0 Å². The predicted octanol–water partition coefficient (Wildman–Crippen LogP) is 2.19. The highest BCUT2D eigenvalue weighted by Gasteiger charge is 2.49. The number of carbonyl (C=O) groups is 1. The van der Waals surface area contributed by atoms with Crippen LogP contribution >= 0.6 is 7.75 Å². The Kier molecular flexibility index (Phi) is 9.43. The Morgan fingerprint density at radius 1 is 1.27 bits per heavy atom. The average molecular weight is 543 g/mol. The zero-order chi connectivity index (χ0) is 27.3. The van der Waals surface area contributed by atoms with Crippen LogP contribution in [0.15, 0.2) is 47.4 Å². The van der Waals surface area contributed by atoms with Crippen molar-refractivity contribution in [2.24, 2.45) is 5.92 Å². The maximum absolute atomic E-state index is 14.5. The first-order chi connectivity index (χ1) is 17.4. The number of ether oxygens (including phenoxy) is 2. The van der Waals surface area contributed by atoms with E-state index in [1.807, 2.05) is 0 Å². The zero-order valence-corrected chi connectivity index (χ0v) is 21.8. The molecule has 2 aromatic rings. The lowest BCUT2D eigenvalue weighted by Gasteiger charge is -2.25. The van der Waals surface area contributed by atoms with Gasteiger partial charge in [0.15, 0.2) is 0 Å². The number of nitrogens with zero attached hydrogens (tertiary/aromatic N) is 2. The quantitative estimate of drug-likeness (QED) is 0.282. The van der Waals surface area contributed by atoms with Gasteiger partial charge in [-0.2, -0.15) is 10.1 Å². The molecule has 0 saturated carbocycles. The summed E-state index contributed by atoms with van der Waals surface area (Å²) in [5.74, 6) is -1.70. The van der Waals surface area contributed by atoms with Gasteiger partial charge < -0.3 is 24.8 Å². The van der Waals surface area contributed by atoms with Crippen molar-refractivity contribution in [3.63, 3.8) is 0 Å². The minimum atomic E-state index is -4.26. The first kappa shape index (κ1) is 28.7. The van der Waals surface area contributed by atoms with Gasteiger partial charge in [-0.25, -0.2) is 13.8 Å². The highest BCUT2D eigenvalue weighted by atomic mass is 31.2. The van der Waals surface area contributed by atoms with Crippen molar-refractivity contribution < 1.29 is 37.4 Å². The predicted molar refractivity (Wildman–Crippen MR) is 131 cm³/mol. The highest BCUT2D eigenvalue weighted by Crippen LogP contribution is 2.46. The number of aromatic nitrogens is 2. The van der Waals surface area contributed by atoms with E-state index in [1.165, 1.54) is 38.2 Å². The van der Waals surface area contributed by atoms with E-state index in [-0.39, 0.29) is 11.6 Å². The molecule has 1 aromatic heterocycles. The van der Waals surface area contributed by atoms with Crippen molar-refractivity contribution in [2.75, 3.05) is 12.3 Å². The van der Waals surface area contributed by atoms with Crippen molar-refractivity contribution >= 4 is 19.5 Å². The summed E-state index contributed by atoms with van der Waals surface area (Å²) in [7, 11) is -4.26. The topological polar surface area (TPSA) is 164 Å². The van der Waals surface area contributed by atoms with Crippen LogP contribution in [0.5, 0.6) is 5.75 Å². The molecule has 1 aliphatic heterocycles. The minimum Gasteiger partial charge on any atom is -0.462 e. The monoisotopic (exact) mass is 542 g/mol. The first-order valence-electron chi connectivity index (χ1n) is 11.7. The van der Waals surface area contributed by atoms with E-state index in [4.69, 9.17) is 24.3 Å². The third kappa shape index (κ3) is 7.36. The molecule has 0 aliphatic carbocycles. The summed E-state index contributed by atoms with van der Waals surface area (Å²) in [5.41, 5.74) is 4.74. The van der Waals surface area contributed by atoms with Crippen LogP contribution in [0, 0.1) is 5.92 Å². The lowest BCUT2D eigenvalue weighted by atomic mass is 9.95. The molecule has 7 atom stereocenters. The summed E-state index contributed by atoms with van der Waals surface area (Å²) in [5, 5.41) is 13.3. The molecule has 1 fully saturated rings. The summed E-state index contributed by atoms with van der Waals surface area (Å²) in [4.78, 5) is 28.2. The molecule has 204 valence electrons. The molecule has 2 heterocycles. The number of alkyl halides is 1. The summed E-state index contributed by atoms with van der Waals surface area (Å²) in [6, 6.07) is 8.35. The summed E-state index contributed by atoms with van der Waals surface area (Å²) < 4.78 is 51.2. The molecule has 0 spiro atoms. The number of nitrogens with one attached hydrogen (secondary N) is 1. The van der Waals surface area contributed by atoms with E-state index in [1.54, 1.807) is 32.0 Å². The van der Waals surface area contributed by atoms with Gasteiger partial charge in [0.05, 0.1) is 24.7 Å². The number of hydrogen-bond acceptors (Lipinski definition) is 10. The smallest absolute Gasteiger partial charge is 0.459 e. The number of aliphatic hydroxyl groups is 1. The Morgan fingerprint density at radius 2 is 1.95 bits per heavy atom. The molecule has 0 amide bonds. The fourth-order valence-electron chi connectivity index (χ4n) is 3.78. The zero-order valence-electron chi connectivity index (χ0n) is 20.9. The van der Waals surface area contributed by atoms with Crippen LogP contribution in [0.4, 0.5) is 10.2 Å². The SMILES string of the molecule is CC(C)OC(=O)[C@H](C)NP(=O)(OCC1OC(n2ccc(N)nc2=O)[C@@H]([C@H](C)F)[C@@H]1O)Oc1ccccc1. The Hall–Kier alpha value is -2.83. The summed E-state index contributed by atoms with van der Waals surface area (Å²) in [6.45, 7) is 5.45. The molecule has 1 aliphatic rings. The lowest BCUT2D eigenvalue weighted by molar-refractivity contribution is -0.149. The molecule has 0 bridgehead atoms. The number of halogens is 1. The van der Waals surface area contributed by atoms with Gasteiger partial charge >= 0.3 is 19.4 Å². The van der Waals surface area contributed by atoms with E-state index in [0.29, 0.717) is 0 Å². The number of benzene rings is 1. The second-order valence-corrected chi connectivity index (χ2v) is 10.6. The molecule has 4 N–H and O–H groups in total. The van der Waals surface area contributed by atoms with Crippen molar-refractivity contribution in [1.82, 2.24) is 14.6 Å². The van der Waals surface area contributed by atoms with E-state index in [9.17, 15) is 23.7 Å². The second-order valence-electron chi connectivity index (χ2n) is 8.89. The molecule has 12 nitrogen and oxygen atoms in total. The number of carbonyl (C=O) groups excluding carboxylic acids is 1. The number of para-hydroxylation sites is 1. The highest BCUT2D eigenvalue weighted by molar-refractivity contribution is 7.52. The van der Waals surface area contributed by atoms with Crippen LogP contribution in [-0.2, 0) is 23.4 Å². The van der Waals surface area contributed by atoms with Crippen LogP contribution in [0.1, 0.15) is 33.9 Å². The van der Waals surface area contributed by atoms with E-state index in [0.717, 1.165) is 4.57 Å². The number of nitrogens with two attached hydrogens (primary N) is 1. The van der Waals surface area contributed by atoms with E-state index < -0.39 is 68.7 Å². The van der Waals surface area contributed by atoms with Crippen LogP contribution in [0.3, 0.4) is 0 Å². The molecule has 3 rings (SSSR count). The molecule has 37 heavy (non-hydrogen) atoms. The standard InChI is InChI=1S/C23H32FN4O8P/c1-13(2)34-22(30)15(4)27-37(32,36-16-8-6-5-7-9-16)33-12-17-20(29)19(14(3)24)21(35-17)28-11-10-18(25)26-23(28)31/h5-11,13-15,17,19-21,29H,12H2,1-4H3,(H,27,32)(H2,25,26,31)/t14-,15-,17?,19-,20+,21?,37?/m0/s1. The van der Waals surface area contributed by atoms with Gasteiger partial charge in [0.25, 0.3) is 0 Å². The maximum atomic E-state index is 14.5. The number of esters is 1. The molecule has 1 saturated heterocycles. The van der Waals surface area contributed by atoms with Gasteiger partial charge in [-0.05, 0) is 45.9 Å². The minimum absolute atomic E-state index is 0.0280. The molecular formula is C23H32FN4O8P. The molecule has 14 heteroatoms. The number of rotatable bonds is 11.